The largest absolute Gasteiger partial charge is 0.462 e. The van der Waals surface area contributed by atoms with Crippen LogP contribution in [0.4, 0.5) is 5.69 Å². The summed E-state index contributed by atoms with van der Waals surface area (Å²) in [7, 11) is 0. The smallest absolute Gasteiger partial charge is 0.349 e. The van der Waals surface area contributed by atoms with Gasteiger partial charge in [0, 0.05) is 0 Å². The number of carbonyl (C=O) groups excluding carboxylic acids is 1. The number of nitrogens with zero attached hydrogens (tertiary/aromatic N) is 1. The molecular weight excluding hydrogens is 178 g/mol. The fraction of sp³-hybridized carbons (Fsp3) is 0.273. The third-order valence-electron chi connectivity index (χ3n) is 1.71. The van der Waals surface area contributed by atoms with Gasteiger partial charge >= 0.3 is 5.97 Å². The van der Waals surface area contributed by atoms with E-state index in [2.05, 4.69) is 4.99 Å². The van der Waals surface area contributed by atoms with Crippen molar-refractivity contribution in [1.29, 1.82) is 0 Å². The van der Waals surface area contributed by atoms with Crippen molar-refractivity contribution in [3.8, 4) is 0 Å². The number of ether oxygens (including phenoxy) is 1. The van der Waals surface area contributed by atoms with E-state index in [0.29, 0.717) is 6.61 Å². The predicted molar refractivity (Wildman–Crippen MR) is 56.0 cm³/mol. The van der Waals surface area contributed by atoms with Gasteiger partial charge in [-0.25, -0.2) is 9.79 Å². The number of rotatable bonds is 3. The van der Waals surface area contributed by atoms with Crippen molar-refractivity contribution < 1.29 is 9.53 Å². The molecule has 0 aliphatic carbocycles. The van der Waals surface area contributed by atoms with Gasteiger partial charge < -0.3 is 4.74 Å². The first-order valence-electron chi connectivity index (χ1n) is 4.50. The second kappa shape index (κ2) is 5.17. The van der Waals surface area contributed by atoms with E-state index in [0.717, 1.165) is 11.3 Å². The highest BCUT2D eigenvalue weighted by molar-refractivity contribution is 6.23. The molecule has 0 saturated carbocycles. The molecule has 0 saturated heterocycles. The number of hydrogen-bond donors (Lipinski definition) is 0. The SMILES string of the molecule is CCOC(=O)C=Nc1ccccc1C. The number of hydrogen-bond acceptors (Lipinski definition) is 3. The highest BCUT2D eigenvalue weighted by atomic mass is 16.5. The standard InChI is InChI=1S/C11H13NO2/c1-3-14-11(13)8-12-10-7-5-4-6-9(10)2/h4-8H,3H2,1-2H3. The maximum atomic E-state index is 11.0. The normalized spacial score (nSPS) is 10.4. The lowest BCUT2D eigenvalue weighted by Crippen LogP contribution is -2.04. The third kappa shape index (κ3) is 3.01. The molecule has 0 heterocycles. The van der Waals surface area contributed by atoms with E-state index in [1.807, 2.05) is 31.2 Å². The van der Waals surface area contributed by atoms with Crippen LogP contribution < -0.4 is 0 Å². The lowest BCUT2D eigenvalue weighted by atomic mass is 10.2. The summed E-state index contributed by atoms with van der Waals surface area (Å²) >= 11 is 0. The number of para-hydroxylation sites is 1. The Kier molecular flexibility index (Phi) is 3.85. The molecule has 1 aromatic rings. The monoisotopic (exact) mass is 191 g/mol. The van der Waals surface area contributed by atoms with Crippen LogP contribution in [-0.2, 0) is 9.53 Å². The van der Waals surface area contributed by atoms with Gasteiger partial charge in [0.05, 0.1) is 12.3 Å². The van der Waals surface area contributed by atoms with E-state index in [1.165, 1.54) is 6.21 Å². The molecule has 0 aliphatic rings. The van der Waals surface area contributed by atoms with E-state index in [-0.39, 0.29) is 0 Å². The van der Waals surface area contributed by atoms with Crippen LogP contribution in [0, 0.1) is 6.92 Å². The average molecular weight is 191 g/mol. The molecule has 0 fully saturated rings. The zero-order chi connectivity index (χ0) is 10.4. The van der Waals surface area contributed by atoms with Crippen LogP contribution in [0.2, 0.25) is 0 Å². The number of aliphatic imine (C=N–C) groups is 1. The Morgan fingerprint density at radius 1 is 1.50 bits per heavy atom. The summed E-state index contributed by atoms with van der Waals surface area (Å²) in [5.41, 5.74) is 1.83. The van der Waals surface area contributed by atoms with Crippen molar-refractivity contribution in [2.45, 2.75) is 13.8 Å². The van der Waals surface area contributed by atoms with Crippen LogP contribution >= 0.6 is 0 Å². The van der Waals surface area contributed by atoms with Gasteiger partial charge in [-0.1, -0.05) is 18.2 Å². The Morgan fingerprint density at radius 2 is 2.21 bits per heavy atom. The van der Waals surface area contributed by atoms with Gasteiger partial charge in [0.15, 0.2) is 0 Å². The van der Waals surface area contributed by atoms with E-state index in [1.54, 1.807) is 6.92 Å². The van der Waals surface area contributed by atoms with Crippen LogP contribution in [-0.4, -0.2) is 18.8 Å². The zero-order valence-corrected chi connectivity index (χ0v) is 8.36. The minimum atomic E-state index is -0.407. The van der Waals surface area contributed by atoms with Crippen LogP contribution in [0.15, 0.2) is 29.3 Å². The number of esters is 1. The molecule has 0 unspecified atom stereocenters. The number of carbonyl (C=O) groups is 1. The van der Waals surface area contributed by atoms with Crippen LogP contribution in [0.3, 0.4) is 0 Å². The molecule has 1 aromatic carbocycles. The summed E-state index contributed by atoms with van der Waals surface area (Å²) in [6.45, 7) is 4.08. The molecule has 1 rings (SSSR count). The zero-order valence-electron chi connectivity index (χ0n) is 8.36. The minimum Gasteiger partial charge on any atom is -0.462 e. The third-order valence-corrected chi connectivity index (χ3v) is 1.71. The van der Waals surface area contributed by atoms with Crippen molar-refractivity contribution in [1.82, 2.24) is 0 Å². The molecule has 0 atom stereocenters. The lowest BCUT2D eigenvalue weighted by molar-refractivity contribution is -0.134. The molecule has 0 bridgehead atoms. The first kappa shape index (κ1) is 10.4. The van der Waals surface area contributed by atoms with Gasteiger partial charge in [0.1, 0.15) is 6.21 Å². The summed E-state index contributed by atoms with van der Waals surface area (Å²) in [5.74, 6) is -0.407. The maximum Gasteiger partial charge on any atom is 0.349 e. The van der Waals surface area contributed by atoms with Crippen LogP contribution in [0.5, 0.6) is 0 Å². The number of aryl methyl sites for hydroxylation is 1. The molecule has 74 valence electrons. The summed E-state index contributed by atoms with van der Waals surface area (Å²) < 4.78 is 4.72. The highest BCUT2D eigenvalue weighted by Crippen LogP contribution is 2.15. The maximum absolute atomic E-state index is 11.0. The first-order valence-corrected chi connectivity index (χ1v) is 4.50. The van der Waals surface area contributed by atoms with E-state index >= 15 is 0 Å². The Morgan fingerprint density at radius 3 is 2.86 bits per heavy atom. The second-order valence-corrected chi connectivity index (χ2v) is 2.80. The molecule has 0 aromatic heterocycles. The van der Waals surface area contributed by atoms with Gasteiger partial charge in [0.25, 0.3) is 0 Å². The molecule has 0 aliphatic heterocycles. The fourth-order valence-corrected chi connectivity index (χ4v) is 1.01. The van der Waals surface area contributed by atoms with Crippen LogP contribution in [0.25, 0.3) is 0 Å². The van der Waals surface area contributed by atoms with E-state index in [9.17, 15) is 4.79 Å². The molecule has 3 heteroatoms. The van der Waals surface area contributed by atoms with Crippen molar-refractivity contribution >= 4 is 17.9 Å². The van der Waals surface area contributed by atoms with E-state index in [4.69, 9.17) is 4.74 Å². The first-order chi connectivity index (χ1) is 6.74. The molecule has 3 nitrogen and oxygen atoms in total. The quantitative estimate of drug-likeness (QED) is 0.543. The van der Waals surface area contributed by atoms with Crippen molar-refractivity contribution in [2.75, 3.05) is 6.61 Å². The van der Waals surface area contributed by atoms with Crippen molar-refractivity contribution in [3.63, 3.8) is 0 Å². The average Bonchev–Trinajstić information content (AvgIpc) is 2.17. The number of benzene rings is 1. The lowest BCUT2D eigenvalue weighted by Gasteiger charge is -1.98. The van der Waals surface area contributed by atoms with Crippen molar-refractivity contribution in [2.24, 2.45) is 4.99 Å². The van der Waals surface area contributed by atoms with Gasteiger partial charge in [-0.15, -0.1) is 0 Å². The van der Waals surface area contributed by atoms with E-state index < -0.39 is 5.97 Å². The molecule has 0 spiro atoms. The van der Waals surface area contributed by atoms with Gasteiger partial charge in [-0.3, -0.25) is 0 Å². The fourth-order valence-electron chi connectivity index (χ4n) is 1.01. The summed E-state index contributed by atoms with van der Waals surface area (Å²) in [5, 5.41) is 0. The molecular formula is C11H13NO2. The summed E-state index contributed by atoms with van der Waals surface area (Å²) in [6.07, 6.45) is 1.20. The Bertz CT molecular complexity index is 345. The Balaban J connectivity index is 2.69. The summed E-state index contributed by atoms with van der Waals surface area (Å²) in [4.78, 5) is 15.0. The molecule has 0 radical (unpaired) electrons. The van der Waals surface area contributed by atoms with Gasteiger partial charge in [-0.2, -0.15) is 0 Å². The predicted octanol–water partition coefficient (Wildman–Crippen LogP) is 2.26. The Hall–Kier alpha value is -1.64. The second-order valence-electron chi connectivity index (χ2n) is 2.80. The molecule has 14 heavy (non-hydrogen) atoms. The summed E-state index contributed by atoms with van der Waals surface area (Å²) in [6, 6.07) is 7.60. The topological polar surface area (TPSA) is 38.7 Å². The highest BCUT2D eigenvalue weighted by Gasteiger charge is 1.96. The van der Waals surface area contributed by atoms with Gasteiger partial charge in [0.2, 0.25) is 0 Å². The van der Waals surface area contributed by atoms with Crippen LogP contribution in [0.1, 0.15) is 12.5 Å². The molecule has 0 N–H and O–H groups in total. The minimum absolute atomic E-state index is 0.374. The van der Waals surface area contributed by atoms with Gasteiger partial charge in [-0.05, 0) is 25.5 Å². The molecule has 0 amide bonds. The Labute approximate surface area is 83.4 Å². The van der Waals surface area contributed by atoms with Crippen molar-refractivity contribution in [3.05, 3.63) is 29.8 Å².